The largest absolute Gasteiger partial charge is 0.392 e. The van der Waals surface area contributed by atoms with Crippen molar-refractivity contribution in [1.82, 2.24) is 19.3 Å². The summed E-state index contributed by atoms with van der Waals surface area (Å²) in [7, 11) is 1.97. The Labute approximate surface area is 111 Å². The standard InChI is InChI=1S/C14H16N4O/c1-10-15-16-14(17(10)2)8-18-6-5-12-4-3-11(9-19)7-13(12)18/h3-7,19H,8-9H2,1-2H3. The Hall–Kier alpha value is -2.14. The Morgan fingerprint density at radius 3 is 2.74 bits per heavy atom. The molecule has 98 valence electrons. The lowest BCUT2D eigenvalue weighted by molar-refractivity contribution is 0.282. The fourth-order valence-corrected chi connectivity index (χ4v) is 2.21. The average Bonchev–Trinajstić information content (AvgIpc) is 2.97. The van der Waals surface area contributed by atoms with E-state index in [2.05, 4.69) is 20.8 Å². The molecule has 0 fully saturated rings. The number of nitrogens with zero attached hydrogens (tertiary/aromatic N) is 4. The highest BCUT2D eigenvalue weighted by molar-refractivity contribution is 5.80. The minimum atomic E-state index is 0.0597. The van der Waals surface area contributed by atoms with E-state index < -0.39 is 0 Å². The summed E-state index contributed by atoms with van der Waals surface area (Å²) in [5.74, 6) is 1.83. The van der Waals surface area contributed by atoms with Gasteiger partial charge in [0.25, 0.3) is 0 Å². The fourth-order valence-electron chi connectivity index (χ4n) is 2.21. The van der Waals surface area contributed by atoms with Gasteiger partial charge in [0.2, 0.25) is 0 Å². The number of hydrogen-bond acceptors (Lipinski definition) is 3. The zero-order valence-corrected chi connectivity index (χ0v) is 11.0. The van der Waals surface area contributed by atoms with Crippen LogP contribution in [0.5, 0.6) is 0 Å². The van der Waals surface area contributed by atoms with Gasteiger partial charge in [-0.3, -0.25) is 0 Å². The predicted molar refractivity (Wildman–Crippen MR) is 72.7 cm³/mol. The molecule has 0 saturated heterocycles. The number of fused-ring (bicyclic) bond motifs is 1. The van der Waals surface area contributed by atoms with Crippen molar-refractivity contribution in [3.63, 3.8) is 0 Å². The van der Waals surface area contributed by atoms with Gasteiger partial charge in [0.05, 0.1) is 13.2 Å². The molecule has 2 aromatic heterocycles. The second-order valence-electron chi connectivity index (χ2n) is 4.72. The third kappa shape index (κ3) is 2.02. The first kappa shape index (κ1) is 11.9. The molecule has 0 aliphatic rings. The number of benzene rings is 1. The third-order valence-corrected chi connectivity index (χ3v) is 3.52. The van der Waals surface area contributed by atoms with Gasteiger partial charge in [-0.2, -0.15) is 0 Å². The summed E-state index contributed by atoms with van der Waals surface area (Å²) in [6, 6.07) is 8.05. The first-order valence-electron chi connectivity index (χ1n) is 6.22. The summed E-state index contributed by atoms with van der Waals surface area (Å²) in [6.07, 6.45) is 2.04. The molecule has 0 aliphatic carbocycles. The van der Waals surface area contributed by atoms with Crippen molar-refractivity contribution in [3.05, 3.63) is 47.7 Å². The molecule has 5 nitrogen and oxygen atoms in total. The van der Waals surface area contributed by atoms with E-state index in [9.17, 15) is 5.11 Å². The van der Waals surface area contributed by atoms with Crippen molar-refractivity contribution in [2.75, 3.05) is 0 Å². The van der Waals surface area contributed by atoms with E-state index in [4.69, 9.17) is 0 Å². The molecule has 0 saturated carbocycles. The molecule has 0 atom stereocenters. The van der Waals surface area contributed by atoms with Crippen molar-refractivity contribution in [1.29, 1.82) is 0 Å². The van der Waals surface area contributed by atoms with E-state index in [0.717, 1.165) is 28.1 Å². The number of aromatic nitrogens is 4. The van der Waals surface area contributed by atoms with Crippen LogP contribution in [0.4, 0.5) is 0 Å². The van der Waals surface area contributed by atoms with Crippen LogP contribution in [0.3, 0.4) is 0 Å². The van der Waals surface area contributed by atoms with Crippen molar-refractivity contribution in [2.24, 2.45) is 7.05 Å². The van der Waals surface area contributed by atoms with E-state index in [1.807, 2.05) is 42.9 Å². The zero-order valence-electron chi connectivity index (χ0n) is 11.0. The first-order valence-corrected chi connectivity index (χ1v) is 6.22. The Bertz CT molecular complexity index is 726. The summed E-state index contributed by atoms with van der Waals surface area (Å²) in [4.78, 5) is 0. The molecule has 0 amide bonds. The number of rotatable bonds is 3. The summed E-state index contributed by atoms with van der Waals surface area (Å²) in [5.41, 5.74) is 2.02. The van der Waals surface area contributed by atoms with Gasteiger partial charge in [-0.05, 0) is 30.0 Å². The van der Waals surface area contributed by atoms with Crippen LogP contribution in [0.25, 0.3) is 10.9 Å². The van der Waals surface area contributed by atoms with Gasteiger partial charge < -0.3 is 14.2 Å². The number of aryl methyl sites for hydroxylation is 1. The van der Waals surface area contributed by atoms with E-state index in [1.54, 1.807) is 0 Å². The van der Waals surface area contributed by atoms with Crippen LogP contribution in [0.1, 0.15) is 17.2 Å². The lowest BCUT2D eigenvalue weighted by Gasteiger charge is -2.06. The van der Waals surface area contributed by atoms with Crippen LogP contribution >= 0.6 is 0 Å². The third-order valence-electron chi connectivity index (χ3n) is 3.52. The van der Waals surface area contributed by atoms with Gasteiger partial charge in [-0.25, -0.2) is 0 Å². The molecule has 1 N–H and O–H groups in total. The molecule has 0 radical (unpaired) electrons. The monoisotopic (exact) mass is 256 g/mol. The molecule has 0 spiro atoms. The van der Waals surface area contributed by atoms with Crippen LogP contribution in [0, 0.1) is 6.92 Å². The molecule has 0 unspecified atom stereocenters. The Kier molecular flexibility index (Phi) is 2.83. The zero-order chi connectivity index (χ0) is 13.4. The molecule has 3 rings (SSSR count). The lowest BCUT2D eigenvalue weighted by Crippen LogP contribution is -2.06. The van der Waals surface area contributed by atoms with E-state index in [1.165, 1.54) is 0 Å². The van der Waals surface area contributed by atoms with Crippen LogP contribution < -0.4 is 0 Å². The SMILES string of the molecule is Cc1nnc(Cn2ccc3ccc(CO)cc32)n1C. The quantitative estimate of drug-likeness (QED) is 0.774. The van der Waals surface area contributed by atoms with E-state index in [0.29, 0.717) is 6.54 Å². The fraction of sp³-hybridized carbons (Fsp3) is 0.286. The van der Waals surface area contributed by atoms with Gasteiger partial charge in [0, 0.05) is 18.8 Å². The van der Waals surface area contributed by atoms with Crippen molar-refractivity contribution in [3.8, 4) is 0 Å². The number of hydrogen-bond donors (Lipinski definition) is 1. The summed E-state index contributed by atoms with van der Waals surface area (Å²) >= 11 is 0. The van der Waals surface area contributed by atoms with Crippen LogP contribution in [-0.4, -0.2) is 24.4 Å². The summed E-state index contributed by atoms with van der Waals surface area (Å²) < 4.78 is 4.11. The molecule has 1 aromatic carbocycles. The second kappa shape index (κ2) is 4.51. The van der Waals surface area contributed by atoms with Gasteiger partial charge in [0.1, 0.15) is 5.82 Å². The van der Waals surface area contributed by atoms with Crippen molar-refractivity contribution < 1.29 is 5.11 Å². The topological polar surface area (TPSA) is 55.9 Å². The van der Waals surface area contributed by atoms with Gasteiger partial charge in [-0.15, -0.1) is 10.2 Å². The summed E-state index contributed by atoms with van der Waals surface area (Å²) in [5, 5.41) is 18.6. The Morgan fingerprint density at radius 2 is 2.05 bits per heavy atom. The molecular weight excluding hydrogens is 240 g/mol. The minimum absolute atomic E-state index is 0.0597. The van der Waals surface area contributed by atoms with Crippen molar-refractivity contribution in [2.45, 2.75) is 20.1 Å². The highest BCUT2D eigenvalue weighted by Gasteiger charge is 2.08. The highest BCUT2D eigenvalue weighted by atomic mass is 16.3. The molecule has 0 aliphatic heterocycles. The molecule has 2 heterocycles. The Morgan fingerprint density at radius 1 is 1.21 bits per heavy atom. The highest BCUT2D eigenvalue weighted by Crippen LogP contribution is 2.18. The van der Waals surface area contributed by atoms with Crippen LogP contribution in [0.2, 0.25) is 0 Å². The number of aliphatic hydroxyl groups excluding tert-OH is 1. The molecule has 19 heavy (non-hydrogen) atoms. The normalized spacial score (nSPS) is 11.3. The van der Waals surface area contributed by atoms with Gasteiger partial charge in [-0.1, -0.05) is 12.1 Å². The smallest absolute Gasteiger partial charge is 0.152 e. The summed E-state index contributed by atoms with van der Waals surface area (Å²) in [6.45, 7) is 2.67. The van der Waals surface area contributed by atoms with Crippen LogP contribution in [-0.2, 0) is 20.2 Å². The molecule has 3 aromatic rings. The Balaban J connectivity index is 2.03. The van der Waals surface area contributed by atoms with E-state index >= 15 is 0 Å². The number of aliphatic hydroxyl groups is 1. The minimum Gasteiger partial charge on any atom is -0.392 e. The van der Waals surface area contributed by atoms with Crippen LogP contribution in [0.15, 0.2) is 30.5 Å². The maximum atomic E-state index is 9.23. The second-order valence-corrected chi connectivity index (χ2v) is 4.72. The predicted octanol–water partition coefficient (Wildman–Crippen LogP) is 1.62. The van der Waals surface area contributed by atoms with Gasteiger partial charge in [0.15, 0.2) is 5.82 Å². The van der Waals surface area contributed by atoms with Gasteiger partial charge >= 0.3 is 0 Å². The first-order chi connectivity index (χ1) is 9.19. The van der Waals surface area contributed by atoms with Crippen molar-refractivity contribution >= 4 is 10.9 Å². The maximum absolute atomic E-state index is 9.23. The molecule has 0 bridgehead atoms. The lowest BCUT2D eigenvalue weighted by atomic mass is 10.2. The maximum Gasteiger partial charge on any atom is 0.152 e. The molecule has 5 heteroatoms. The molecular formula is C14H16N4O. The average molecular weight is 256 g/mol. The van der Waals surface area contributed by atoms with E-state index in [-0.39, 0.29) is 6.61 Å².